The molecule has 1 saturated heterocycles. The SMILES string of the molecule is CSCC[C@H](NC(=O)c1ccc(OC(=O)CN[C@@H]2CCC(=O)N2)cc1-c1ccccc1)C(=O)O. The number of thioether (sulfide) groups is 1. The third-order valence-electron chi connectivity index (χ3n) is 5.25. The number of ether oxygens (including phenoxy) is 1. The summed E-state index contributed by atoms with van der Waals surface area (Å²) in [4.78, 5) is 48.1. The van der Waals surface area contributed by atoms with Crippen molar-refractivity contribution in [2.45, 2.75) is 31.5 Å². The van der Waals surface area contributed by atoms with Gasteiger partial charge in [-0.15, -0.1) is 0 Å². The van der Waals surface area contributed by atoms with Gasteiger partial charge in [-0.1, -0.05) is 30.3 Å². The smallest absolute Gasteiger partial charge is 0.326 e. The molecule has 1 aliphatic heterocycles. The van der Waals surface area contributed by atoms with Crippen LogP contribution in [0.15, 0.2) is 48.5 Å². The molecule has 180 valence electrons. The van der Waals surface area contributed by atoms with Crippen molar-refractivity contribution < 1.29 is 29.0 Å². The van der Waals surface area contributed by atoms with Crippen molar-refractivity contribution in [2.24, 2.45) is 0 Å². The van der Waals surface area contributed by atoms with Crippen LogP contribution in [0.4, 0.5) is 0 Å². The van der Waals surface area contributed by atoms with Crippen molar-refractivity contribution >= 4 is 35.5 Å². The van der Waals surface area contributed by atoms with Crippen molar-refractivity contribution in [1.29, 1.82) is 0 Å². The lowest BCUT2D eigenvalue weighted by molar-refractivity contribution is -0.139. The van der Waals surface area contributed by atoms with Crippen molar-refractivity contribution in [3.05, 3.63) is 54.1 Å². The molecule has 0 spiro atoms. The Morgan fingerprint density at radius 1 is 1.21 bits per heavy atom. The minimum Gasteiger partial charge on any atom is -0.480 e. The highest BCUT2D eigenvalue weighted by atomic mass is 32.2. The number of hydrogen-bond acceptors (Lipinski definition) is 7. The summed E-state index contributed by atoms with van der Waals surface area (Å²) in [6, 6.07) is 12.7. The topological polar surface area (TPSA) is 134 Å². The second kappa shape index (κ2) is 12.2. The molecule has 2 amide bonds. The highest BCUT2D eigenvalue weighted by Crippen LogP contribution is 2.28. The molecule has 3 rings (SSSR count). The Kier molecular flexibility index (Phi) is 9.06. The summed E-state index contributed by atoms with van der Waals surface area (Å²) in [6.07, 6.45) is 2.92. The number of carboxylic acids is 1. The van der Waals surface area contributed by atoms with Gasteiger partial charge < -0.3 is 20.5 Å². The number of esters is 1. The minimum atomic E-state index is -1.10. The predicted octanol–water partition coefficient (Wildman–Crippen LogP) is 2.02. The molecule has 1 fully saturated rings. The highest BCUT2D eigenvalue weighted by molar-refractivity contribution is 7.98. The average molecular weight is 486 g/mol. The summed E-state index contributed by atoms with van der Waals surface area (Å²) in [6.45, 7) is -0.0937. The Bertz CT molecular complexity index is 1050. The van der Waals surface area contributed by atoms with Crippen LogP contribution < -0.4 is 20.7 Å². The van der Waals surface area contributed by atoms with Gasteiger partial charge in [0.05, 0.1) is 12.7 Å². The number of amides is 2. The van der Waals surface area contributed by atoms with Gasteiger partial charge >= 0.3 is 11.9 Å². The van der Waals surface area contributed by atoms with E-state index in [9.17, 15) is 24.3 Å². The zero-order valence-electron chi connectivity index (χ0n) is 18.7. The Morgan fingerprint density at radius 3 is 2.62 bits per heavy atom. The number of carboxylic acid groups (broad SMARTS) is 1. The van der Waals surface area contributed by atoms with Crippen LogP contribution in [0, 0.1) is 0 Å². The number of nitrogens with one attached hydrogen (secondary N) is 3. The fourth-order valence-corrected chi connectivity index (χ4v) is 3.98. The van der Waals surface area contributed by atoms with Crippen LogP contribution in [-0.2, 0) is 14.4 Å². The number of benzene rings is 2. The lowest BCUT2D eigenvalue weighted by Gasteiger charge is -2.17. The third-order valence-corrected chi connectivity index (χ3v) is 5.90. The lowest BCUT2D eigenvalue weighted by atomic mass is 9.98. The molecular weight excluding hydrogens is 458 g/mol. The van der Waals surface area contributed by atoms with Gasteiger partial charge in [0, 0.05) is 12.0 Å². The van der Waals surface area contributed by atoms with Gasteiger partial charge in [-0.3, -0.25) is 19.7 Å². The van der Waals surface area contributed by atoms with Gasteiger partial charge in [-0.05, 0) is 54.2 Å². The van der Waals surface area contributed by atoms with Gasteiger partial charge in [0.25, 0.3) is 5.91 Å². The summed E-state index contributed by atoms with van der Waals surface area (Å²) in [5.74, 6) is -1.39. The van der Waals surface area contributed by atoms with Gasteiger partial charge in [0.1, 0.15) is 11.8 Å². The first-order valence-electron chi connectivity index (χ1n) is 10.8. The normalized spacial score (nSPS) is 15.9. The van der Waals surface area contributed by atoms with Gasteiger partial charge in [0.2, 0.25) is 5.91 Å². The molecule has 4 N–H and O–H groups in total. The molecule has 0 radical (unpaired) electrons. The van der Waals surface area contributed by atoms with Gasteiger partial charge in [-0.25, -0.2) is 4.79 Å². The molecule has 0 unspecified atom stereocenters. The molecule has 1 heterocycles. The Labute approximate surface area is 201 Å². The number of carbonyl (C=O) groups excluding carboxylic acids is 3. The second-order valence-corrected chi connectivity index (χ2v) is 8.72. The van der Waals surface area contributed by atoms with Crippen LogP contribution >= 0.6 is 11.8 Å². The van der Waals surface area contributed by atoms with Crippen LogP contribution in [0.1, 0.15) is 29.6 Å². The minimum absolute atomic E-state index is 0.0641. The van der Waals surface area contributed by atoms with E-state index in [0.29, 0.717) is 36.1 Å². The molecule has 0 aromatic heterocycles. The maximum Gasteiger partial charge on any atom is 0.326 e. The van der Waals surface area contributed by atoms with Gasteiger partial charge in [-0.2, -0.15) is 11.8 Å². The maximum atomic E-state index is 13.0. The predicted molar refractivity (Wildman–Crippen MR) is 129 cm³/mol. The molecule has 10 heteroatoms. The summed E-state index contributed by atoms with van der Waals surface area (Å²) in [5, 5.41) is 17.7. The maximum absolute atomic E-state index is 13.0. The second-order valence-electron chi connectivity index (χ2n) is 7.73. The van der Waals surface area contributed by atoms with E-state index in [2.05, 4.69) is 16.0 Å². The molecule has 9 nitrogen and oxygen atoms in total. The van der Waals surface area contributed by atoms with E-state index < -0.39 is 23.9 Å². The van der Waals surface area contributed by atoms with Crippen molar-refractivity contribution in [1.82, 2.24) is 16.0 Å². The van der Waals surface area contributed by atoms with E-state index in [1.165, 1.54) is 23.9 Å². The van der Waals surface area contributed by atoms with E-state index in [4.69, 9.17) is 4.74 Å². The lowest BCUT2D eigenvalue weighted by Crippen LogP contribution is -2.42. The number of aliphatic carboxylic acids is 1. The van der Waals surface area contributed by atoms with Crippen LogP contribution in [-0.4, -0.2) is 59.6 Å². The Balaban J connectivity index is 1.76. The average Bonchev–Trinajstić information content (AvgIpc) is 3.25. The largest absolute Gasteiger partial charge is 0.480 e. The van der Waals surface area contributed by atoms with E-state index >= 15 is 0 Å². The van der Waals surface area contributed by atoms with Crippen molar-refractivity contribution in [3.8, 4) is 16.9 Å². The zero-order chi connectivity index (χ0) is 24.5. The van der Waals surface area contributed by atoms with E-state index in [1.807, 2.05) is 36.6 Å². The number of rotatable bonds is 11. The molecule has 2 aromatic carbocycles. The third kappa shape index (κ3) is 7.06. The first-order chi connectivity index (χ1) is 16.4. The molecule has 0 bridgehead atoms. The van der Waals surface area contributed by atoms with Crippen molar-refractivity contribution in [2.75, 3.05) is 18.6 Å². The van der Waals surface area contributed by atoms with Crippen molar-refractivity contribution in [3.63, 3.8) is 0 Å². The molecular formula is C24H27N3O6S. The molecule has 0 aliphatic carbocycles. The molecule has 2 atom stereocenters. The molecule has 34 heavy (non-hydrogen) atoms. The molecule has 1 aliphatic rings. The summed E-state index contributed by atoms with van der Waals surface area (Å²) >= 11 is 1.50. The van der Waals surface area contributed by atoms with Crippen LogP contribution in [0.2, 0.25) is 0 Å². The van der Waals surface area contributed by atoms with E-state index in [1.54, 1.807) is 6.07 Å². The zero-order valence-corrected chi connectivity index (χ0v) is 19.5. The molecule has 0 saturated carbocycles. The summed E-state index contributed by atoms with van der Waals surface area (Å²) in [5.41, 5.74) is 1.50. The number of carbonyl (C=O) groups is 4. The summed E-state index contributed by atoms with van der Waals surface area (Å²) in [7, 11) is 0. The van der Waals surface area contributed by atoms with Crippen LogP contribution in [0.3, 0.4) is 0 Å². The molecule has 2 aromatic rings. The number of hydrogen-bond donors (Lipinski definition) is 4. The van der Waals surface area contributed by atoms with Crippen LogP contribution in [0.5, 0.6) is 5.75 Å². The first-order valence-corrected chi connectivity index (χ1v) is 12.2. The highest BCUT2D eigenvalue weighted by Gasteiger charge is 2.23. The standard InChI is InChI=1S/C24H27N3O6S/c1-34-12-11-19(24(31)32)26-23(30)17-8-7-16(13-18(17)15-5-3-2-4-6-15)33-22(29)14-25-20-9-10-21(28)27-20/h2-8,13,19-20,25H,9-12,14H2,1H3,(H,26,30)(H,27,28)(H,31,32)/t19-,20-/m0/s1. The van der Waals surface area contributed by atoms with E-state index in [0.717, 1.165) is 0 Å². The monoisotopic (exact) mass is 485 g/mol. The Morgan fingerprint density at radius 2 is 1.97 bits per heavy atom. The fraction of sp³-hybridized carbons (Fsp3) is 0.333. The van der Waals surface area contributed by atoms with Crippen LogP contribution in [0.25, 0.3) is 11.1 Å². The summed E-state index contributed by atoms with van der Waals surface area (Å²) < 4.78 is 5.43. The quantitative estimate of drug-likeness (QED) is 0.281. The fourth-order valence-electron chi connectivity index (χ4n) is 3.51. The van der Waals surface area contributed by atoms with Gasteiger partial charge in [0.15, 0.2) is 0 Å². The van der Waals surface area contributed by atoms with E-state index in [-0.39, 0.29) is 29.9 Å². The Hall–Kier alpha value is -3.37. The first kappa shape index (κ1) is 25.3.